The highest BCUT2D eigenvalue weighted by Crippen LogP contribution is 2.27. The van der Waals surface area contributed by atoms with E-state index in [1.165, 1.54) is 12.8 Å². The van der Waals surface area contributed by atoms with Gasteiger partial charge in [0.25, 0.3) is 0 Å². The zero-order valence-electron chi connectivity index (χ0n) is 11.4. The summed E-state index contributed by atoms with van der Waals surface area (Å²) < 4.78 is 0. The van der Waals surface area contributed by atoms with Crippen molar-refractivity contribution in [3.05, 3.63) is 0 Å². The lowest BCUT2D eigenvalue weighted by molar-refractivity contribution is -0.146. The molecular weight excluding hydrogens is 230 g/mol. The van der Waals surface area contributed by atoms with Gasteiger partial charge in [0.05, 0.1) is 5.92 Å². The van der Waals surface area contributed by atoms with Crippen LogP contribution in [0.4, 0.5) is 0 Å². The minimum atomic E-state index is -0.741. The van der Waals surface area contributed by atoms with Gasteiger partial charge >= 0.3 is 5.97 Å². The number of nitrogens with one attached hydrogen (secondary N) is 1. The Bertz CT molecular complexity index is 285. The topological polar surface area (TPSA) is 66.4 Å². The van der Waals surface area contributed by atoms with Crippen molar-refractivity contribution in [2.75, 3.05) is 0 Å². The van der Waals surface area contributed by atoms with Gasteiger partial charge in [0.2, 0.25) is 5.91 Å². The summed E-state index contributed by atoms with van der Waals surface area (Å²) in [7, 11) is 0. The van der Waals surface area contributed by atoms with Crippen LogP contribution in [0.2, 0.25) is 0 Å². The van der Waals surface area contributed by atoms with E-state index in [9.17, 15) is 9.59 Å². The Morgan fingerprint density at radius 1 is 1.33 bits per heavy atom. The van der Waals surface area contributed by atoms with E-state index in [4.69, 9.17) is 5.11 Å². The van der Waals surface area contributed by atoms with Crippen LogP contribution in [0, 0.1) is 11.8 Å². The van der Waals surface area contributed by atoms with Gasteiger partial charge in [-0.1, -0.05) is 33.1 Å². The summed E-state index contributed by atoms with van der Waals surface area (Å²) >= 11 is 0. The highest BCUT2D eigenvalue weighted by Gasteiger charge is 2.35. The van der Waals surface area contributed by atoms with Crippen molar-refractivity contribution in [3.8, 4) is 0 Å². The zero-order valence-corrected chi connectivity index (χ0v) is 11.4. The van der Waals surface area contributed by atoms with Gasteiger partial charge in [-0.25, -0.2) is 0 Å². The molecule has 1 atom stereocenters. The number of unbranched alkanes of at least 4 members (excludes halogenated alkanes) is 1. The van der Waals surface area contributed by atoms with Gasteiger partial charge < -0.3 is 10.4 Å². The minimum Gasteiger partial charge on any atom is -0.481 e. The van der Waals surface area contributed by atoms with E-state index in [0.717, 1.165) is 12.8 Å². The number of carbonyl (C=O) groups is 2. The summed E-state index contributed by atoms with van der Waals surface area (Å²) in [6.07, 6.45) is 6.26. The number of hydrogen-bond acceptors (Lipinski definition) is 2. The Kier molecular flexibility index (Phi) is 6.16. The lowest BCUT2D eigenvalue weighted by Crippen LogP contribution is -2.47. The Morgan fingerprint density at radius 3 is 2.50 bits per heavy atom. The van der Waals surface area contributed by atoms with Crippen LogP contribution in [0.15, 0.2) is 0 Å². The molecule has 104 valence electrons. The van der Waals surface area contributed by atoms with Gasteiger partial charge in [0.1, 0.15) is 0 Å². The predicted molar refractivity (Wildman–Crippen MR) is 70.2 cm³/mol. The maximum atomic E-state index is 11.8. The third-order valence-corrected chi connectivity index (χ3v) is 3.87. The number of amides is 1. The van der Waals surface area contributed by atoms with E-state index in [1.807, 2.05) is 0 Å². The fraction of sp³-hybridized carbons (Fsp3) is 0.857. The molecule has 18 heavy (non-hydrogen) atoms. The Morgan fingerprint density at radius 2 is 2.00 bits per heavy atom. The van der Waals surface area contributed by atoms with E-state index in [0.29, 0.717) is 25.2 Å². The maximum absolute atomic E-state index is 11.8. The molecule has 1 saturated carbocycles. The minimum absolute atomic E-state index is 0.0854. The highest BCUT2D eigenvalue weighted by molar-refractivity contribution is 5.77. The summed E-state index contributed by atoms with van der Waals surface area (Å²) in [5.74, 6) is -0.431. The summed E-state index contributed by atoms with van der Waals surface area (Å²) in [6.45, 7) is 4.28. The van der Waals surface area contributed by atoms with Crippen LogP contribution in [-0.2, 0) is 9.59 Å². The van der Waals surface area contributed by atoms with Crippen LogP contribution in [0.3, 0.4) is 0 Å². The molecule has 1 amide bonds. The lowest BCUT2D eigenvalue weighted by Gasteiger charge is -2.33. The normalized spacial score (nSPS) is 24.1. The summed E-state index contributed by atoms with van der Waals surface area (Å²) in [5, 5.41) is 11.7. The molecule has 1 rings (SSSR count). The van der Waals surface area contributed by atoms with Crippen molar-refractivity contribution < 1.29 is 14.7 Å². The van der Waals surface area contributed by atoms with Gasteiger partial charge in [0, 0.05) is 12.5 Å². The van der Waals surface area contributed by atoms with E-state index < -0.39 is 5.97 Å². The smallest absolute Gasteiger partial charge is 0.306 e. The number of hydrogen-bond donors (Lipinski definition) is 2. The molecule has 1 unspecified atom stereocenters. The molecule has 0 radical (unpaired) electrons. The zero-order chi connectivity index (χ0) is 13.5. The number of carboxylic acid groups (broad SMARTS) is 1. The molecule has 0 aromatic heterocycles. The molecule has 0 spiro atoms. The predicted octanol–water partition coefficient (Wildman–Crippen LogP) is 2.57. The van der Waals surface area contributed by atoms with Gasteiger partial charge in [-0.15, -0.1) is 0 Å². The van der Waals surface area contributed by atoms with E-state index >= 15 is 0 Å². The molecule has 4 heteroatoms. The quantitative estimate of drug-likeness (QED) is 0.700. The highest BCUT2D eigenvalue weighted by atomic mass is 16.4. The van der Waals surface area contributed by atoms with Crippen molar-refractivity contribution in [1.29, 1.82) is 0 Å². The van der Waals surface area contributed by atoms with Gasteiger partial charge in [0.15, 0.2) is 0 Å². The Hall–Kier alpha value is -1.06. The van der Waals surface area contributed by atoms with Crippen molar-refractivity contribution in [2.45, 2.75) is 64.8 Å². The van der Waals surface area contributed by atoms with Crippen LogP contribution < -0.4 is 5.32 Å². The fourth-order valence-corrected chi connectivity index (χ4v) is 2.43. The largest absolute Gasteiger partial charge is 0.481 e. The van der Waals surface area contributed by atoms with Crippen molar-refractivity contribution in [1.82, 2.24) is 5.32 Å². The van der Waals surface area contributed by atoms with Crippen LogP contribution in [0.5, 0.6) is 0 Å². The number of aliphatic carboxylic acids is 1. The maximum Gasteiger partial charge on any atom is 0.306 e. The number of carboxylic acids is 1. The standard InChI is InChI=1S/C14H25NO3/c1-3-5-6-10(4-2)7-13(16)15-12-8-11(9-12)14(17)18/h10-12H,3-9H2,1-2H3,(H,15,16)(H,17,18). The van der Waals surface area contributed by atoms with Crippen molar-refractivity contribution in [2.24, 2.45) is 11.8 Å². The molecule has 0 aromatic carbocycles. The SMILES string of the molecule is CCCCC(CC)CC(=O)NC1CC(C(=O)O)C1. The monoisotopic (exact) mass is 255 g/mol. The van der Waals surface area contributed by atoms with Gasteiger partial charge in [-0.3, -0.25) is 9.59 Å². The average molecular weight is 255 g/mol. The lowest BCUT2D eigenvalue weighted by atomic mass is 9.80. The number of rotatable bonds is 8. The van der Waals surface area contributed by atoms with Crippen molar-refractivity contribution >= 4 is 11.9 Å². The molecule has 1 aliphatic carbocycles. The molecule has 1 aliphatic rings. The van der Waals surface area contributed by atoms with Crippen LogP contribution in [0.25, 0.3) is 0 Å². The first-order valence-corrected chi connectivity index (χ1v) is 7.08. The summed E-state index contributed by atoms with van der Waals surface area (Å²) in [5.41, 5.74) is 0. The average Bonchev–Trinajstić information content (AvgIpc) is 2.28. The third-order valence-electron chi connectivity index (χ3n) is 3.87. The first-order valence-electron chi connectivity index (χ1n) is 7.08. The second-order valence-electron chi connectivity index (χ2n) is 5.39. The third kappa shape index (κ3) is 4.67. The Balaban J connectivity index is 2.19. The van der Waals surface area contributed by atoms with E-state index in [2.05, 4.69) is 19.2 Å². The summed E-state index contributed by atoms with van der Waals surface area (Å²) in [6, 6.07) is 0.0854. The molecule has 0 saturated heterocycles. The first-order chi connectivity index (χ1) is 8.56. The molecule has 0 aliphatic heterocycles. The molecule has 0 aromatic rings. The first kappa shape index (κ1) is 15.0. The molecule has 2 N–H and O–H groups in total. The van der Waals surface area contributed by atoms with Gasteiger partial charge in [-0.2, -0.15) is 0 Å². The van der Waals surface area contributed by atoms with Crippen LogP contribution in [0.1, 0.15) is 58.8 Å². The molecule has 4 nitrogen and oxygen atoms in total. The van der Waals surface area contributed by atoms with Gasteiger partial charge in [-0.05, 0) is 25.2 Å². The van der Waals surface area contributed by atoms with E-state index in [-0.39, 0.29) is 17.9 Å². The van der Waals surface area contributed by atoms with Crippen LogP contribution >= 0.6 is 0 Å². The number of carbonyl (C=O) groups excluding carboxylic acids is 1. The molecular formula is C14H25NO3. The van der Waals surface area contributed by atoms with Crippen LogP contribution in [-0.4, -0.2) is 23.0 Å². The molecule has 0 heterocycles. The van der Waals surface area contributed by atoms with Crippen molar-refractivity contribution in [3.63, 3.8) is 0 Å². The Labute approximate surface area is 109 Å². The molecule has 0 bridgehead atoms. The van der Waals surface area contributed by atoms with E-state index in [1.54, 1.807) is 0 Å². The second kappa shape index (κ2) is 7.39. The summed E-state index contributed by atoms with van der Waals surface area (Å²) in [4.78, 5) is 22.4. The molecule has 1 fully saturated rings. The fourth-order valence-electron chi connectivity index (χ4n) is 2.43. The second-order valence-corrected chi connectivity index (χ2v) is 5.39.